The Labute approximate surface area is 81.9 Å². The predicted octanol–water partition coefficient (Wildman–Crippen LogP) is 2.67. The smallest absolute Gasteiger partial charge is 0.258 e. The van der Waals surface area contributed by atoms with Gasteiger partial charge >= 0.3 is 5.69 Å². The lowest BCUT2D eigenvalue weighted by molar-refractivity contribution is -0.387. The Morgan fingerprint density at radius 3 is 2.67 bits per heavy atom. The zero-order valence-electron chi connectivity index (χ0n) is 5.96. The SMILES string of the molecule is O=[N+]([O-])c1ccc(CI)cc1F. The summed E-state index contributed by atoms with van der Waals surface area (Å²) in [4.78, 5) is 9.46. The first-order valence-electron chi connectivity index (χ1n) is 3.14. The topological polar surface area (TPSA) is 43.1 Å². The van der Waals surface area contributed by atoms with Gasteiger partial charge < -0.3 is 0 Å². The molecular weight excluding hydrogens is 276 g/mol. The number of benzene rings is 1. The van der Waals surface area contributed by atoms with E-state index in [1.165, 1.54) is 12.1 Å². The molecule has 0 heterocycles. The number of nitro benzene ring substituents is 1. The summed E-state index contributed by atoms with van der Waals surface area (Å²) in [5, 5.41) is 10.2. The quantitative estimate of drug-likeness (QED) is 0.362. The van der Waals surface area contributed by atoms with E-state index in [1.54, 1.807) is 6.07 Å². The minimum Gasteiger partial charge on any atom is -0.258 e. The molecule has 0 aliphatic carbocycles. The summed E-state index contributed by atoms with van der Waals surface area (Å²) in [5.41, 5.74) is 0.280. The molecule has 1 rings (SSSR count). The summed E-state index contributed by atoms with van der Waals surface area (Å²) in [6.07, 6.45) is 0. The van der Waals surface area contributed by atoms with Crippen LogP contribution < -0.4 is 0 Å². The molecule has 1 aromatic carbocycles. The van der Waals surface area contributed by atoms with E-state index in [0.29, 0.717) is 4.43 Å². The van der Waals surface area contributed by atoms with Gasteiger partial charge in [-0.05, 0) is 11.6 Å². The molecule has 0 fully saturated rings. The van der Waals surface area contributed by atoms with E-state index in [9.17, 15) is 14.5 Å². The lowest BCUT2D eigenvalue weighted by Gasteiger charge is -1.96. The van der Waals surface area contributed by atoms with E-state index < -0.39 is 16.4 Å². The van der Waals surface area contributed by atoms with Gasteiger partial charge in [-0.3, -0.25) is 10.1 Å². The highest BCUT2D eigenvalue weighted by atomic mass is 127. The third-order valence-electron chi connectivity index (χ3n) is 1.36. The van der Waals surface area contributed by atoms with Gasteiger partial charge in [0.1, 0.15) is 0 Å². The minimum absolute atomic E-state index is 0.469. The highest BCUT2D eigenvalue weighted by molar-refractivity contribution is 14.1. The second-order valence-electron chi connectivity index (χ2n) is 2.18. The fraction of sp³-hybridized carbons (Fsp3) is 0.143. The largest absolute Gasteiger partial charge is 0.304 e. The van der Waals surface area contributed by atoms with Crippen molar-refractivity contribution in [2.45, 2.75) is 4.43 Å². The lowest BCUT2D eigenvalue weighted by atomic mass is 10.2. The first-order valence-corrected chi connectivity index (χ1v) is 4.66. The second kappa shape index (κ2) is 3.79. The molecule has 0 unspecified atom stereocenters. The molecule has 0 aliphatic heterocycles. The van der Waals surface area contributed by atoms with Crippen LogP contribution >= 0.6 is 22.6 Å². The van der Waals surface area contributed by atoms with Crippen molar-refractivity contribution in [2.24, 2.45) is 0 Å². The van der Waals surface area contributed by atoms with Crippen molar-refractivity contribution in [2.75, 3.05) is 0 Å². The summed E-state index contributed by atoms with van der Waals surface area (Å²) < 4.78 is 13.5. The van der Waals surface area contributed by atoms with Gasteiger partial charge in [-0.25, -0.2) is 0 Å². The molecule has 0 aromatic heterocycles. The van der Waals surface area contributed by atoms with Gasteiger partial charge in [0.2, 0.25) is 5.82 Å². The molecular formula is C7H5FINO2. The first-order chi connectivity index (χ1) is 5.65. The number of hydrogen-bond acceptors (Lipinski definition) is 2. The second-order valence-corrected chi connectivity index (χ2v) is 2.94. The van der Waals surface area contributed by atoms with Gasteiger partial charge in [0, 0.05) is 10.5 Å². The Hall–Kier alpha value is -0.720. The third kappa shape index (κ3) is 1.90. The molecule has 0 bridgehead atoms. The van der Waals surface area contributed by atoms with Crippen molar-refractivity contribution >= 4 is 28.3 Å². The number of hydrogen-bond donors (Lipinski definition) is 0. The zero-order valence-corrected chi connectivity index (χ0v) is 8.12. The number of halogens is 2. The van der Waals surface area contributed by atoms with Crippen LogP contribution in [-0.4, -0.2) is 4.92 Å². The Kier molecular flexibility index (Phi) is 2.96. The van der Waals surface area contributed by atoms with E-state index in [4.69, 9.17) is 0 Å². The first kappa shape index (κ1) is 9.37. The molecule has 5 heteroatoms. The highest BCUT2D eigenvalue weighted by Crippen LogP contribution is 2.19. The predicted molar refractivity (Wildman–Crippen MR) is 50.8 cm³/mol. The van der Waals surface area contributed by atoms with Gasteiger partial charge in [0.15, 0.2) is 0 Å². The molecule has 1 aromatic rings. The van der Waals surface area contributed by atoms with Crippen LogP contribution in [0.1, 0.15) is 5.56 Å². The fourth-order valence-corrected chi connectivity index (χ4v) is 1.26. The summed E-state index contributed by atoms with van der Waals surface area (Å²) in [6.45, 7) is 0. The highest BCUT2D eigenvalue weighted by Gasteiger charge is 2.12. The van der Waals surface area contributed by atoms with E-state index >= 15 is 0 Å². The van der Waals surface area contributed by atoms with Gasteiger partial charge in [-0.15, -0.1) is 0 Å². The number of alkyl halides is 1. The third-order valence-corrected chi connectivity index (χ3v) is 2.24. The van der Waals surface area contributed by atoms with Crippen LogP contribution in [0.25, 0.3) is 0 Å². The van der Waals surface area contributed by atoms with E-state index in [-0.39, 0.29) is 0 Å². The number of nitro groups is 1. The molecule has 64 valence electrons. The molecule has 0 spiro atoms. The van der Waals surface area contributed by atoms with Crippen molar-refractivity contribution in [1.29, 1.82) is 0 Å². The average molecular weight is 281 g/mol. The van der Waals surface area contributed by atoms with Crippen LogP contribution in [0.2, 0.25) is 0 Å². The van der Waals surface area contributed by atoms with Crippen LogP contribution in [-0.2, 0) is 4.43 Å². The number of rotatable bonds is 2. The molecule has 3 nitrogen and oxygen atoms in total. The van der Waals surface area contributed by atoms with Crippen molar-refractivity contribution in [3.05, 3.63) is 39.7 Å². The zero-order chi connectivity index (χ0) is 9.14. The van der Waals surface area contributed by atoms with Gasteiger partial charge in [-0.2, -0.15) is 4.39 Å². The van der Waals surface area contributed by atoms with Gasteiger partial charge in [0.05, 0.1) is 4.92 Å². The van der Waals surface area contributed by atoms with Crippen LogP contribution in [0.3, 0.4) is 0 Å². The monoisotopic (exact) mass is 281 g/mol. The Morgan fingerprint density at radius 1 is 1.58 bits per heavy atom. The maximum atomic E-state index is 12.8. The normalized spacial score (nSPS) is 9.83. The lowest BCUT2D eigenvalue weighted by Crippen LogP contribution is -1.92. The maximum absolute atomic E-state index is 12.8. The Bertz CT molecular complexity index is 316. The summed E-state index contributed by atoms with van der Waals surface area (Å²) in [6, 6.07) is 3.92. The molecule has 0 N–H and O–H groups in total. The van der Waals surface area contributed by atoms with E-state index in [0.717, 1.165) is 5.56 Å². The molecule has 12 heavy (non-hydrogen) atoms. The van der Waals surface area contributed by atoms with Gasteiger partial charge in [0.25, 0.3) is 0 Å². The molecule has 0 saturated heterocycles. The molecule has 0 atom stereocenters. The molecule has 0 amide bonds. The van der Waals surface area contributed by atoms with Gasteiger partial charge in [-0.1, -0.05) is 28.7 Å². The van der Waals surface area contributed by atoms with Crippen LogP contribution in [0.5, 0.6) is 0 Å². The van der Waals surface area contributed by atoms with E-state index in [1.807, 2.05) is 0 Å². The Morgan fingerprint density at radius 2 is 2.25 bits per heavy atom. The van der Waals surface area contributed by atoms with Crippen molar-refractivity contribution in [3.8, 4) is 0 Å². The summed E-state index contributed by atoms with van der Waals surface area (Å²) in [7, 11) is 0. The fourth-order valence-electron chi connectivity index (χ4n) is 0.782. The van der Waals surface area contributed by atoms with Crippen LogP contribution in [0, 0.1) is 15.9 Å². The molecule has 0 aliphatic rings. The summed E-state index contributed by atoms with van der Waals surface area (Å²) >= 11 is 2.06. The van der Waals surface area contributed by atoms with Crippen molar-refractivity contribution in [3.63, 3.8) is 0 Å². The molecule has 0 saturated carbocycles. The van der Waals surface area contributed by atoms with Crippen molar-refractivity contribution in [1.82, 2.24) is 0 Å². The maximum Gasteiger partial charge on any atom is 0.304 e. The summed E-state index contributed by atoms with van der Waals surface area (Å²) in [5.74, 6) is -0.769. The molecule has 0 radical (unpaired) electrons. The van der Waals surface area contributed by atoms with E-state index in [2.05, 4.69) is 22.6 Å². The number of nitrogens with zero attached hydrogens (tertiary/aromatic N) is 1. The van der Waals surface area contributed by atoms with Crippen LogP contribution in [0.4, 0.5) is 10.1 Å². The Balaban J connectivity index is 3.12. The van der Waals surface area contributed by atoms with Crippen LogP contribution in [0.15, 0.2) is 18.2 Å². The standard InChI is InChI=1S/C7H5FINO2/c8-6-3-5(4-9)1-2-7(6)10(11)12/h1-3H,4H2. The average Bonchev–Trinajstić information content (AvgIpc) is 2.03. The van der Waals surface area contributed by atoms with Crippen molar-refractivity contribution < 1.29 is 9.31 Å². The minimum atomic E-state index is -0.769.